The van der Waals surface area contributed by atoms with Crippen LogP contribution in [0.4, 0.5) is 0 Å². The summed E-state index contributed by atoms with van der Waals surface area (Å²) in [4.78, 5) is 0. The van der Waals surface area contributed by atoms with Crippen molar-refractivity contribution in [2.45, 2.75) is 52.2 Å². The molecule has 0 aromatic heterocycles. The minimum absolute atomic E-state index is 0.205. The maximum absolute atomic E-state index is 6.16. The average molecular weight is 261 g/mol. The van der Waals surface area contributed by atoms with E-state index < -0.39 is 0 Å². The third kappa shape index (κ3) is 4.63. The molecule has 1 aromatic rings. The van der Waals surface area contributed by atoms with Crippen LogP contribution in [0.1, 0.15) is 50.8 Å². The summed E-state index contributed by atoms with van der Waals surface area (Å²) in [7, 11) is 0. The first kappa shape index (κ1) is 14.5. The van der Waals surface area contributed by atoms with Crippen LogP contribution in [0.5, 0.6) is 0 Å². The number of hydrogen-bond acceptors (Lipinski definition) is 2. The quantitative estimate of drug-likeness (QED) is 0.872. The van der Waals surface area contributed by atoms with Gasteiger partial charge in [0.15, 0.2) is 0 Å². The Kier molecular flexibility index (Phi) is 5.41. The van der Waals surface area contributed by atoms with Gasteiger partial charge in [0.25, 0.3) is 0 Å². The van der Waals surface area contributed by atoms with Crippen molar-refractivity contribution in [1.82, 2.24) is 5.32 Å². The van der Waals surface area contributed by atoms with Crippen LogP contribution in [0, 0.1) is 5.92 Å². The Morgan fingerprint density at radius 2 is 1.74 bits per heavy atom. The fourth-order valence-corrected chi connectivity index (χ4v) is 2.69. The Balaban J connectivity index is 1.89. The first-order valence-corrected chi connectivity index (χ1v) is 7.60. The van der Waals surface area contributed by atoms with E-state index in [1.807, 2.05) is 0 Å². The van der Waals surface area contributed by atoms with Crippen molar-refractivity contribution >= 4 is 0 Å². The lowest BCUT2D eigenvalue weighted by Gasteiger charge is -2.26. The van der Waals surface area contributed by atoms with Gasteiger partial charge in [0.2, 0.25) is 0 Å². The fraction of sp³-hybridized carbons (Fsp3) is 0.647. The van der Waals surface area contributed by atoms with Crippen LogP contribution < -0.4 is 5.32 Å². The molecule has 2 rings (SSSR count). The Bertz CT molecular complexity index is 365. The molecule has 1 saturated heterocycles. The maximum Gasteiger partial charge on any atom is 0.0800 e. The van der Waals surface area contributed by atoms with Gasteiger partial charge in [-0.15, -0.1) is 0 Å². The van der Waals surface area contributed by atoms with Crippen molar-refractivity contribution < 1.29 is 4.74 Å². The van der Waals surface area contributed by atoms with Crippen LogP contribution in [-0.2, 0) is 11.2 Å². The average Bonchev–Trinajstić information content (AvgIpc) is 2.40. The SMILES string of the molecule is CC(C)Cc1ccc(C(C)OC2CCNCC2)cc1. The predicted molar refractivity (Wildman–Crippen MR) is 80.4 cm³/mol. The van der Waals surface area contributed by atoms with E-state index in [2.05, 4.69) is 50.4 Å². The number of rotatable bonds is 5. The number of hydrogen-bond donors (Lipinski definition) is 1. The van der Waals surface area contributed by atoms with Crippen molar-refractivity contribution in [2.75, 3.05) is 13.1 Å². The van der Waals surface area contributed by atoms with Crippen LogP contribution in [0.3, 0.4) is 0 Å². The second kappa shape index (κ2) is 7.06. The molecule has 19 heavy (non-hydrogen) atoms. The molecule has 1 aromatic carbocycles. The Labute approximate surface area is 117 Å². The second-order valence-corrected chi connectivity index (χ2v) is 6.07. The molecule has 1 aliphatic rings. The van der Waals surface area contributed by atoms with Crippen molar-refractivity contribution in [2.24, 2.45) is 5.92 Å². The van der Waals surface area contributed by atoms with Crippen LogP contribution in [0.15, 0.2) is 24.3 Å². The topological polar surface area (TPSA) is 21.3 Å². The molecule has 1 fully saturated rings. The fourth-order valence-electron chi connectivity index (χ4n) is 2.69. The molecule has 1 aliphatic heterocycles. The summed E-state index contributed by atoms with van der Waals surface area (Å²) in [6.45, 7) is 8.86. The van der Waals surface area contributed by atoms with Gasteiger partial charge in [-0.25, -0.2) is 0 Å². The zero-order valence-corrected chi connectivity index (χ0v) is 12.5. The number of ether oxygens (including phenoxy) is 1. The Hall–Kier alpha value is -0.860. The van der Waals surface area contributed by atoms with Gasteiger partial charge in [0.1, 0.15) is 0 Å². The summed E-state index contributed by atoms with van der Waals surface area (Å²) in [5.74, 6) is 0.717. The third-order valence-electron chi connectivity index (χ3n) is 3.78. The molecule has 0 aliphatic carbocycles. The van der Waals surface area contributed by atoms with E-state index in [-0.39, 0.29) is 6.10 Å². The van der Waals surface area contributed by atoms with Gasteiger partial charge in [0, 0.05) is 0 Å². The van der Waals surface area contributed by atoms with E-state index in [1.165, 1.54) is 11.1 Å². The standard InChI is InChI=1S/C17H27NO/c1-13(2)12-15-4-6-16(7-5-15)14(3)19-17-8-10-18-11-9-17/h4-7,13-14,17-18H,8-12H2,1-3H3. The molecule has 0 radical (unpaired) electrons. The molecule has 106 valence electrons. The molecular formula is C17H27NO. The molecule has 0 amide bonds. The highest BCUT2D eigenvalue weighted by molar-refractivity contribution is 5.24. The molecular weight excluding hydrogens is 234 g/mol. The molecule has 0 bridgehead atoms. The normalized spacial score (nSPS) is 18.7. The van der Waals surface area contributed by atoms with E-state index >= 15 is 0 Å². The second-order valence-electron chi connectivity index (χ2n) is 6.07. The van der Waals surface area contributed by atoms with Gasteiger partial charge in [-0.3, -0.25) is 0 Å². The smallest absolute Gasteiger partial charge is 0.0800 e. The lowest BCUT2D eigenvalue weighted by Crippen LogP contribution is -2.33. The zero-order valence-electron chi connectivity index (χ0n) is 12.5. The Morgan fingerprint density at radius 1 is 1.11 bits per heavy atom. The van der Waals surface area contributed by atoms with Gasteiger partial charge in [-0.2, -0.15) is 0 Å². The lowest BCUT2D eigenvalue weighted by atomic mass is 10.0. The highest BCUT2D eigenvalue weighted by Crippen LogP contribution is 2.22. The molecule has 2 nitrogen and oxygen atoms in total. The Morgan fingerprint density at radius 3 is 2.32 bits per heavy atom. The minimum Gasteiger partial charge on any atom is -0.370 e. The van der Waals surface area contributed by atoms with Crippen LogP contribution in [0.25, 0.3) is 0 Å². The van der Waals surface area contributed by atoms with Crippen LogP contribution >= 0.6 is 0 Å². The van der Waals surface area contributed by atoms with Crippen molar-refractivity contribution in [1.29, 1.82) is 0 Å². The lowest BCUT2D eigenvalue weighted by molar-refractivity contribution is -0.0186. The summed E-state index contributed by atoms with van der Waals surface area (Å²) < 4.78 is 6.16. The van der Waals surface area contributed by atoms with Gasteiger partial charge in [-0.05, 0) is 56.3 Å². The highest BCUT2D eigenvalue weighted by atomic mass is 16.5. The number of benzene rings is 1. The predicted octanol–water partition coefficient (Wildman–Crippen LogP) is 3.71. The maximum atomic E-state index is 6.16. The van der Waals surface area contributed by atoms with Crippen molar-refractivity contribution in [3.8, 4) is 0 Å². The van der Waals surface area contributed by atoms with E-state index in [0.29, 0.717) is 12.0 Å². The van der Waals surface area contributed by atoms with Crippen molar-refractivity contribution in [3.05, 3.63) is 35.4 Å². The molecule has 1 heterocycles. The summed E-state index contributed by atoms with van der Waals surface area (Å²) >= 11 is 0. The number of piperidine rings is 1. The molecule has 2 heteroatoms. The van der Waals surface area contributed by atoms with Gasteiger partial charge < -0.3 is 10.1 Å². The molecule has 1 atom stereocenters. The molecule has 0 saturated carbocycles. The first-order chi connectivity index (χ1) is 9.15. The summed E-state index contributed by atoms with van der Waals surface area (Å²) in [6, 6.07) is 8.95. The third-order valence-corrected chi connectivity index (χ3v) is 3.78. The van der Waals surface area contributed by atoms with Gasteiger partial charge in [-0.1, -0.05) is 38.1 Å². The summed E-state index contributed by atoms with van der Waals surface area (Å²) in [5, 5.41) is 3.37. The largest absolute Gasteiger partial charge is 0.370 e. The first-order valence-electron chi connectivity index (χ1n) is 7.60. The van der Waals surface area contributed by atoms with Crippen LogP contribution in [-0.4, -0.2) is 19.2 Å². The summed E-state index contributed by atoms with van der Waals surface area (Å²) in [5.41, 5.74) is 2.72. The van der Waals surface area contributed by atoms with Crippen LogP contribution in [0.2, 0.25) is 0 Å². The number of nitrogens with one attached hydrogen (secondary N) is 1. The van der Waals surface area contributed by atoms with Gasteiger partial charge in [0.05, 0.1) is 12.2 Å². The zero-order chi connectivity index (χ0) is 13.7. The summed E-state index contributed by atoms with van der Waals surface area (Å²) in [6.07, 6.45) is 4.05. The molecule has 1 unspecified atom stereocenters. The van der Waals surface area contributed by atoms with E-state index in [9.17, 15) is 0 Å². The van der Waals surface area contributed by atoms with Gasteiger partial charge >= 0.3 is 0 Å². The van der Waals surface area contributed by atoms with Crippen molar-refractivity contribution in [3.63, 3.8) is 0 Å². The highest BCUT2D eigenvalue weighted by Gasteiger charge is 2.17. The molecule has 0 spiro atoms. The van der Waals surface area contributed by atoms with E-state index in [0.717, 1.165) is 32.4 Å². The molecule has 1 N–H and O–H groups in total. The van der Waals surface area contributed by atoms with E-state index in [4.69, 9.17) is 4.74 Å². The minimum atomic E-state index is 0.205. The monoisotopic (exact) mass is 261 g/mol. The van der Waals surface area contributed by atoms with E-state index in [1.54, 1.807) is 0 Å².